The lowest BCUT2D eigenvalue weighted by Gasteiger charge is -2.18. The smallest absolute Gasteiger partial charge is 0.169 e. The monoisotopic (exact) mass is 430 g/mol. The average Bonchev–Trinajstić information content (AvgIpc) is 2.53. The van der Waals surface area contributed by atoms with Crippen molar-refractivity contribution in [2.45, 2.75) is 0 Å². The van der Waals surface area contributed by atoms with E-state index in [0.29, 0.717) is 23.0 Å². The molecule has 118 valence electrons. The fourth-order valence-electron chi connectivity index (χ4n) is 2.27. The van der Waals surface area contributed by atoms with E-state index < -0.39 is 0 Å². The predicted octanol–water partition coefficient (Wildman–Crippen LogP) is 4.91. The van der Waals surface area contributed by atoms with Gasteiger partial charge in [0.25, 0.3) is 0 Å². The van der Waals surface area contributed by atoms with Crippen molar-refractivity contribution < 1.29 is 18.9 Å². The summed E-state index contributed by atoms with van der Waals surface area (Å²) in [7, 11) is 6.42. The van der Waals surface area contributed by atoms with Gasteiger partial charge in [-0.1, -0.05) is 31.9 Å². The third-order valence-electron chi connectivity index (χ3n) is 3.21. The third kappa shape index (κ3) is 3.03. The minimum Gasteiger partial charge on any atom is -0.493 e. The van der Waals surface area contributed by atoms with Gasteiger partial charge in [0.2, 0.25) is 0 Å². The highest BCUT2D eigenvalue weighted by Crippen LogP contribution is 2.49. The van der Waals surface area contributed by atoms with Crippen LogP contribution in [0, 0.1) is 0 Å². The molecule has 22 heavy (non-hydrogen) atoms. The van der Waals surface area contributed by atoms with E-state index in [1.165, 1.54) is 0 Å². The van der Waals surface area contributed by atoms with Crippen LogP contribution in [0.3, 0.4) is 0 Å². The van der Waals surface area contributed by atoms with Crippen LogP contribution in [-0.2, 0) is 0 Å². The molecule has 0 aliphatic rings. The number of halogens is 2. The molecule has 0 spiro atoms. The van der Waals surface area contributed by atoms with Crippen molar-refractivity contribution in [1.82, 2.24) is 0 Å². The zero-order valence-corrected chi connectivity index (χ0v) is 15.9. The van der Waals surface area contributed by atoms with Crippen LogP contribution in [0.4, 0.5) is 0 Å². The highest BCUT2D eigenvalue weighted by Gasteiger charge is 2.21. The number of rotatable bonds is 5. The maximum Gasteiger partial charge on any atom is 0.169 e. The largest absolute Gasteiger partial charge is 0.493 e. The summed E-state index contributed by atoms with van der Waals surface area (Å²) < 4.78 is 23.6. The van der Waals surface area contributed by atoms with Crippen LogP contribution < -0.4 is 18.9 Å². The normalized spacial score (nSPS) is 10.3. The molecule has 0 saturated carbocycles. The standard InChI is InChI=1S/C16H16Br2O4/c1-19-12-6-5-11(18)14(16(12)22-4)10-7-9(17)8-13(20-2)15(10)21-3/h5-8H,1-4H3. The summed E-state index contributed by atoms with van der Waals surface area (Å²) in [5.74, 6) is 2.51. The van der Waals surface area contributed by atoms with Crippen LogP contribution in [0.25, 0.3) is 11.1 Å². The van der Waals surface area contributed by atoms with Gasteiger partial charge in [-0.05, 0) is 24.3 Å². The van der Waals surface area contributed by atoms with Crippen molar-refractivity contribution in [3.63, 3.8) is 0 Å². The predicted molar refractivity (Wildman–Crippen MR) is 93.5 cm³/mol. The van der Waals surface area contributed by atoms with E-state index in [-0.39, 0.29) is 0 Å². The third-order valence-corrected chi connectivity index (χ3v) is 4.33. The molecular weight excluding hydrogens is 416 g/mol. The summed E-state index contributed by atoms with van der Waals surface area (Å²) in [6, 6.07) is 7.55. The fourth-order valence-corrected chi connectivity index (χ4v) is 3.23. The molecule has 2 aromatic rings. The van der Waals surface area contributed by atoms with Crippen molar-refractivity contribution in [3.05, 3.63) is 33.2 Å². The maximum atomic E-state index is 5.55. The van der Waals surface area contributed by atoms with E-state index in [9.17, 15) is 0 Å². The first-order valence-electron chi connectivity index (χ1n) is 6.39. The molecule has 2 aromatic carbocycles. The Hall–Kier alpha value is -1.40. The number of hydrogen-bond donors (Lipinski definition) is 0. The molecule has 6 heteroatoms. The second kappa shape index (κ2) is 7.24. The molecule has 4 nitrogen and oxygen atoms in total. The summed E-state index contributed by atoms with van der Waals surface area (Å²) in [5, 5.41) is 0. The second-order valence-corrected chi connectivity index (χ2v) is 6.12. The Bertz CT molecular complexity index is 686. The Morgan fingerprint density at radius 3 is 1.91 bits per heavy atom. The molecule has 0 unspecified atom stereocenters. The van der Waals surface area contributed by atoms with E-state index in [0.717, 1.165) is 20.1 Å². The minimum atomic E-state index is 0.621. The molecule has 0 radical (unpaired) electrons. The van der Waals surface area contributed by atoms with Gasteiger partial charge in [-0.2, -0.15) is 0 Å². The Kier molecular flexibility index (Phi) is 5.58. The lowest BCUT2D eigenvalue weighted by Crippen LogP contribution is -1.98. The molecule has 0 bridgehead atoms. The van der Waals surface area contributed by atoms with Gasteiger partial charge in [0, 0.05) is 20.1 Å². The molecule has 0 saturated heterocycles. The molecule has 0 heterocycles. The van der Waals surface area contributed by atoms with E-state index in [4.69, 9.17) is 18.9 Å². The molecule has 0 N–H and O–H groups in total. The number of benzene rings is 2. The molecule has 0 aliphatic carbocycles. The molecule has 0 aliphatic heterocycles. The quantitative estimate of drug-likeness (QED) is 0.673. The topological polar surface area (TPSA) is 36.9 Å². The zero-order valence-electron chi connectivity index (χ0n) is 12.7. The number of methoxy groups -OCH3 is 4. The van der Waals surface area contributed by atoms with Gasteiger partial charge in [0.15, 0.2) is 23.0 Å². The SMILES string of the molecule is COc1cc(Br)cc(-c2c(Br)ccc(OC)c2OC)c1OC. The summed E-state index contributed by atoms with van der Waals surface area (Å²) in [6.07, 6.45) is 0. The molecular formula is C16H16Br2O4. The maximum absolute atomic E-state index is 5.55. The Morgan fingerprint density at radius 1 is 0.727 bits per heavy atom. The van der Waals surface area contributed by atoms with Crippen LogP contribution in [-0.4, -0.2) is 28.4 Å². The first-order valence-corrected chi connectivity index (χ1v) is 7.98. The first kappa shape index (κ1) is 17.0. The summed E-state index contributed by atoms with van der Waals surface area (Å²) in [5.41, 5.74) is 1.66. The molecule has 0 atom stereocenters. The zero-order chi connectivity index (χ0) is 16.3. The Labute approximate surface area is 146 Å². The Balaban J connectivity index is 2.84. The lowest BCUT2D eigenvalue weighted by atomic mass is 10.0. The molecule has 0 fully saturated rings. The summed E-state index contributed by atoms with van der Waals surface area (Å²) in [4.78, 5) is 0. The second-order valence-electron chi connectivity index (χ2n) is 4.35. The van der Waals surface area contributed by atoms with Crippen LogP contribution in [0.1, 0.15) is 0 Å². The molecule has 2 rings (SSSR count). The molecule has 0 amide bonds. The van der Waals surface area contributed by atoms with Gasteiger partial charge in [-0.15, -0.1) is 0 Å². The summed E-state index contributed by atoms with van der Waals surface area (Å²) in [6.45, 7) is 0. The molecule has 0 aromatic heterocycles. The van der Waals surface area contributed by atoms with Crippen molar-refractivity contribution in [2.75, 3.05) is 28.4 Å². The van der Waals surface area contributed by atoms with Crippen molar-refractivity contribution in [1.29, 1.82) is 0 Å². The number of ether oxygens (including phenoxy) is 4. The highest BCUT2D eigenvalue weighted by molar-refractivity contribution is 9.10. The average molecular weight is 432 g/mol. The van der Waals surface area contributed by atoms with Gasteiger partial charge < -0.3 is 18.9 Å². The van der Waals surface area contributed by atoms with E-state index in [1.54, 1.807) is 28.4 Å². The summed E-state index contributed by atoms with van der Waals surface area (Å²) >= 11 is 7.07. The van der Waals surface area contributed by atoms with Gasteiger partial charge >= 0.3 is 0 Å². The Morgan fingerprint density at radius 2 is 1.36 bits per heavy atom. The van der Waals surface area contributed by atoms with Crippen LogP contribution in [0.15, 0.2) is 33.2 Å². The van der Waals surface area contributed by atoms with E-state index >= 15 is 0 Å². The van der Waals surface area contributed by atoms with Gasteiger partial charge in [0.1, 0.15) is 0 Å². The highest BCUT2D eigenvalue weighted by atomic mass is 79.9. The fraction of sp³-hybridized carbons (Fsp3) is 0.250. The van der Waals surface area contributed by atoms with Crippen LogP contribution in [0.5, 0.6) is 23.0 Å². The van der Waals surface area contributed by atoms with Gasteiger partial charge in [0.05, 0.1) is 28.4 Å². The van der Waals surface area contributed by atoms with Crippen LogP contribution in [0.2, 0.25) is 0 Å². The minimum absolute atomic E-state index is 0.621. The van der Waals surface area contributed by atoms with E-state index in [2.05, 4.69) is 31.9 Å². The van der Waals surface area contributed by atoms with Crippen molar-refractivity contribution in [2.24, 2.45) is 0 Å². The first-order chi connectivity index (χ1) is 10.6. The number of hydrogen-bond acceptors (Lipinski definition) is 4. The van der Waals surface area contributed by atoms with Crippen LogP contribution >= 0.6 is 31.9 Å². The van der Waals surface area contributed by atoms with Gasteiger partial charge in [-0.3, -0.25) is 0 Å². The van der Waals surface area contributed by atoms with Gasteiger partial charge in [-0.25, -0.2) is 0 Å². The van der Waals surface area contributed by atoms with E-state index in [1.807, 2.05) is 24.3 Å². The van der Waals surface area contributed by atoms with Crippen molar-refractivity contribution in [3.8, 4) is 34.1 Å². The van der Waals surface area contributed by atoms with Crippen molar-refractivity contribution >= 4 is 31.9 Å². The lowest BCUT2D eigenvalue weighted by molar-refractivity contribution is 0.351.